The molecule has 0 atom stereocenters. The number of hydrogen-bond acceptors (Lipinski definition) is 4. The molecule has 0 bridgehead atoms. The van der Waals surface area contributed by atoms with Crippen LogP contribution in [-0.2, 0) is 0 Å². The Morgan fingerprint density at radius 3 is 2.60 bits per heavy atom. The molecular formula is C17H18ClFN2O4. The van der Waals surface area contributed by atoms with Gasteiger partial charge in [0, 0.05) is 6.07 Å². The molecule has 2 aromatic carbocycles. The van der Waals surface area contributed by atoms with Gasteiger partial charge in [0.05, 0.1) is 31.5 Å². The second kappa shape index (κ2) is 8.98. The molecule has 0 radical (unpaired) electrons. The summed E-state index contributed by atoms with van der Waals surface area (Å²) in [4.78, 5) is 11.9. The number of halogens is 2. The van der Waals surface area contributed by atoms with Gasteiger partial charge in [-0.05, 0) is 30.3 Å². The van der Waals surface area contributed by atoms with Gasteiger partial charge in [0.25, 0.3) is 0 Å². The van der Waals surface area contributed by atoms with Crippen LogP contribution in [0.1, 0.15) is 0 Å². The van der Waals surface area contributed by atoms with E-state index in [0.717, 1.165) is 6.07 Å². The zero-order valence-corrected chi connectivity index (χ0v) is 14.5. The zero-order chi connectivity index (χ0) is 18.2. The fourth-order valence-electron chi connectivity index (χ4n) is 1.99. The molecule has 0 unspecified atom stereocenters. The summed E-state index contributed by atoms with van der Waals surface area (Å²) in [5.41, 5.74) is 0.503. The van der Waals surface area contributed by atoms with Gasteiger partial charge < -0.3 is 24.8 Å². The van der Waals surface area contributed by atoms with Crippen LogP contribution in [0.2, 0.25) is 5.02 Å². The molecule has 25 heavy (non-hydrogen) atoms. The van der Waals surface area contributed by atoms with E-state index in [9.17, 15) is 9.18 Å². The molecule has 134 valence electrons. The number of hydrogen-bond donors (Lipinski definition) is 2. The number of urea groups is 1. The number of methoxy groups -OCH3 is 2. The molecule has 0 saturated carbocycles. The number of amides is 2. The predicted octanol–water partition coefficient (Wildman–Crippen LogP) is 3.70. The maximum absolute atomic E-state index is 12.9. The highest BCUT2D eigenvalue weighted by Crippen LogP contribution is 2.29. The Bertz CT molecular complexity index is 743. The zero-order valence-electron chi connectivity index (χ0n) is 13.8. The number of benzene rings is 2. The SMILES string of the molecule is COc1ccc(NC(=O)NCCOc2ccc(F)cc2Cl)c(OC)c1. The van der Waals surface area contributed by atoms with Crippen LogP contribution < -0.4 is 24.8 Å². The lowest BCUT2D eigenvalue weighted by atomic mass is 10.2. The number of ether oxygens (including phenoxy) is 3. The van der Waals surface area contributed by atoms with E-state index in [1.54, 1.807) is 25.3 Å². The molecule has 2 N–H and O–H groups in total. The average molecular weight is 369 g/mol. The summed E-state index contributed by atoms with van der Waals surface area (Å²) in [5, 5.41) is 5.48. The minimum atomic E-state index is -0.441. The fraction of sp³-hybridized carbons (Fsp3) is 0.235. The largest absolute Gasteiger partial charge is 0.497 e. The molecule has 0 spiro atoms. The van der Waals surface area contributed by atoms with Gasteiger partial charge in [-0.25, -0.2) is 9.18 Å². The maximum atomic E-state index is 12.9. The molecule has 0 fully saturated rings. The lowest BCUT2D eigenvalue weighted by Crippen LogP contribution is -2.32. The van der Waals surface area contributed by atoms with E-state index < -0.39 is 11.8 Å². The van der Waals surface area contributed by atoms with Crippen molar-refractivity contribution in [1.82, 2.24) is 5.32 Å². The van der Waals surface area contributed by atoms with Crippen molar-refractivity contribution in [2.24, 2.45) is 0 Å². The lowest BCUT2D eigenvalue weighted by Gasteiger charge is -2.13. The van der Waals surface area contributed by atoms with Crippen molar-refractivity contribution in [1.29, 1.82) is 0 Å². The van der Waals surface area contributed by atoms with Crippen LogP contribution in [0.15, 0.2) is 36.4 Å². The van der Waals surface area contributed by atoms with Gasteiger partial charge in [-0.2, -0.15) is 0 Å². The highest BCUT2D eigenvalue weighted by atomic mass is 35.5. The second-order valence-electron chi connectivity index (χ2n) is 4.87. The average Bonchev–Trinajstić information content (AvgIpc) is 2.60. The highest BCUT2D eigenvalue weighted by Gasteiger charge is 2.09. The third kappa shape index (κ3) is 5.42. The van der Waals surface area contributed by atoms with Crippen LogP contribution in [-0.4, -0.2) is 33.4 Å². The Morgan fingerprint density at radius 1 is 1.12 bits per heavy atom. The van der Waals surface area contributed by atoms with Crippen molar-refractivity contribution >= 4 is 23.3 Å². The Hall–Kier alpha value is -2.67. The molecule has 0 aromatic heterocycles. The quantitative estimate of drug-likeness (QED) is 0.731. The number of carbonyl (C=O) groups is 1. The first-order chi connectivity index (χ1) is 12.0. The molecule has 0 aliphatic heterocycles. The van der Waals surface area contributed by atoms with E-state index in [-0.39, 0.29) is 18.2 Å². The van der Waals surface area contributed by atoms with Crippen LogP contribution in [0.3, 0.4) is 0 Å². The molecule has 2 amide bonds. The van der Waals surface area contributed by atoms with Gasteiger partial charge in [-0.15, -0.1) is 0 Å². The number of anilines is 1. The Labute approximate surface area is 149 Å². The van der Waals surface area contributed by atoms with Crippen LogP contribution >= 0.6 is 11.6 Å². The number of rotatable bonds is 7. The minimum absolute atomic E-state index is 0.174. The molecule has 0 heterocycles. The van der Waals surface area contributed by atoms with Crippen molar-refractivity contribution in [3.05, 3.63) is 47.2 Å². The van der Waals surface area contributed by atoms with E-state index in [0.29, 0.717) is 22.9 Å². The highest BCUT2D eigenvalue weighted by molar-refractivity contribution is 6.32. The molecule has 0 aliphatic carbocycles. The summed E-state index contributed by atoms with van der Waals surface area (Å²) in [5.74, 6) is 1.00. The molecule has 0 aliphatic rings. The minimum Gasteiger partial charge on any atom is -0.497 e. The third-order valence-electron chi connectivity index (χ3n) is 3.20. The molecule has 6 nitrogen and oxygen atoms in total. The van der Waals surface area contributed by atoms with Gasteiger partial charge >= 0.3 is 6.03 Å². The number of carbonyl (C=O) groups excluding carboxylic acids is 1. The van der Waals surface area contributed by atoms with E-state index in [2.05, 4.69) is 10.6 Å². The molecular weight excluding hydrogens is 351 g/mol. The van der Waals surface area contributed by atoms with Crippen LogP contribution in [0.5, 0.6) is 17.2 Å². The van der Waals surface area contributed by atoms with E-state index >= 15 is 0 Å². The second-order valence-corrected chi connectivity index (χ2v) is 5.28. The van der Waals surface area contributed by atoms with Crippen molar-refractivity contribution in [3.8, 4) is 17.2 Å². The van der Waals surface area contributed by atoms with Crippen molar-refractivity contribution in [2.45, 2.75) is 0 Å². The summed E-state index contributed by atoms with van der Waals surface area (Å²) >= 11 is 5.85. The van der Waals surface area contributed by atoms with Gasteiger partial charge in [-0.3, -0.25) is 0 Å². The number of nitrogens with one attached hydrogen (secondary N) is 2. The molecule has 8 heteroatoms. The summed E-state index contributed by atoms with van der Waals surface area (Å²) in [6, 6.07) is 8.46. The molecule has 0 saturated heterocycles. The van der Waals surface area contributed by atoms with Crippen LogP contribution in [0.25, 0.3) is 0 Å². The van der Waals surface area contributed by atoms with Gasteiger partial charge in [0.1, 0.15) is 29.7 Å². The monoisotopic (exact) mass is 368 g/mol. The first kappa shape index (κ1) is 18.7. The smallest absolute Gasteiger partial charge is 0.319 e. The topological polar surface area (TPSA) is 68.8 Å². The Morgan fingerprint density at radius 2 is 1.92 bits per heavy atom. The van der Waals surface area contributed by atoms with E-state index in [1.165, 1.54) is 19.2 Å². The van der Waals surface area contributed by atoms with Gasteiger partial charge in [-0.1, -0.05) is 11.6 Å². The van der Waals surface area contributed by atoms with E-state index in [1.807, 2.05) is 0 Å². The first-order valence-electron chi connectivity index (χ1n) is 7.38. The normalized spacial score (nSPS) is 10.1. The van der Waals surface area contributed by atoms with Crippen molar-refractivity contribution in [2.75, 3.05) is 32.7 Å². The van der Waals surface area contributed by atoms with Crippen molar-refractivity contribution in [3.63, 3.8) is 0 Å². The lowest BCUT2D eigenvalue weighted by molar-refractivity contribution is 0.247. The Kier molecular flexibility index (Phi) is 6.71. The molecule has 2 aromatic rings. The fourth-order valence-corrected chi connectivity index (χ4v) is 2.21. The van der Waals surface area contributed by atoms with Gasteiger partial charge in [0.15, 0.2) is 0 Å². The predicted molar refractivity (Wildman–Crippen MR) is 93.5 cm³/mol. The standard InChI is InChI=1S/C17H18ClFN2O4/c1-23-12-4-5-14(16(10-12)24-2)21-17(22)20-7-8-25-15-6-3-11(19)9-13(15)18/h3-6,9-10H,7-8H2,1-2H3,(H2,20,21,22). The van der Waals surface area contributed by atoms with Gasteiger partial charge in [0.2, 0.25) is 0 Å². The summed E-state index contributed by atoms with van der Waals surface area (Å²) < 4.78 is 28.6. The maximum Gasteiger partial charge on any atom is 0.319 e. The van der Waals surface area contributed by atoms with E-state index in [4.69, 9.17) is 25.8 Å². The van der Waals surface area contributed by atoms with Crippen LogP contribution in [0.4, 0.5) is 14.9 Å². The van der Waals surface area contributed by atoms with Crippen LogP contribution in [0, 0.1) is 5.82 Å². The summed E-state index contributed by atoms with van der Waals surface area (Å²) in [7, 11) is 3.04. The Balaban J connectivity index is 1.81. The first-order valence-corrected chi connectivity index (χ1v) is 7.76. The van der Waals surface area contributed by atoms with Crippen molar-refractivity contribution < 1.29 is 23.4 Å². The third-order valence-corrected chi connectivity index (χ3v) is 3.49. The summed E-state index contributed by atoms with van der Waals surface area (Å²) in [6.07, 6.45) is 0. The molecule has 2 rings (SSSR count). The summed E-state index contributed by atoms with van der Waals surface area (Å²) in [6.45, 7) is 0.413.